The van der Waals surface area contributed by atoms with Gasteiger partial charge in [-0.3, -0.25) is 4.79 Å². The van der Waals surface area contributed by atoms with Crippen LogP contribution in [-0.4, -0.2) is 34.5 Å². The molecule has 1 rings (SSSR count). The molecule has 0 aliphatic carbocycles. The molecule has 1 amide bonds. The molecule has 0 aromatic heterocycles. The molecule has 2 N–H and O–H groups in total. The van der Waals surface area contributed by atoms with Crippen molar-refractivity contribution in [3.05, 3.63) is 35.9 Å². The number of carboxylic acid groups (broad SMARTS) is 1. The number of aliphatic carboxylic acids is 1. The van der Waals surface area contributed by atoms with Gasteiger partial charge in [0.05, 0.1) is 0 Å². The molecule has 0 radical (unpaired) electrons. The second-order valence-corrected chi connectivity index (χ2v) is 4.96. The second-order valence-electron chi connectivity index (χ2n) is 3.81. The molecule has 0 unspecified atom stereocenters. The minimum absolute atomic E-state index is 0.347. The average molecular weight is 267 g/mol. The topological polar surface area (TPSA) is 66.4 Å². The van der Waals surface area contributed by atoms with Crippen molar-refractivity contribution in [2.24, 2.45) is 0 Å². The Morgan fingerprint density at radius 3 is 2.56 bits per heavy atom. The molecule has 0 saturated heterocycles. The van der Waals surface area contributed by atoms with E-state index in [-0.39, 0.29) is 5.91 Å². The Balaban J connectivity index is 2.55. The van der Waals surface area contributed by atoms with Gasteiger partial charge >= 0.3 is 5.97 Å². The zero-order chi connectivity index (χ0) is 13.4. The molecule has 0 aliphatic heterocycles. The van der Waals surface area contributed by atoms with Gasteiger partial charge < -0.3 is 10.4 Å². The van der Waals surface area contributed by atoms with Crippen LogP contribution in [0.5, 0.6) is 0 Å². The SMILES string of the molecule is CCCSC[C@H](NC(=O)c1ccccc1)C(=O)O. The summed E-state index contributed by atoms with van der Waals surface area (Å²) in [6, 6.07) is 7.78. The van der Waals surface area contributed by atoms with Crippen molar-refractivity contribution in [3.63, 3.8) is 0 Å². The highest BCUT2D eigenvalue weighted by Crippen LogP contribution is 2.06. The zero-order valence-electron chi connectivity index (χ0n) is 10.3. The first-order valence-electron chi connectivity index (χ1n) is 5.81. The fourth-order valence-electron chi connectivity index (χ4n) is 1.35. The summed E-state index contributed by atoms with van der Waals surface area (Å²) in [5, 5.41) is 11.6. The molecule has 1 atom stereocenters. The molecule has 0 aliphatic rings. The van der Waals surface area contributed by atoms with Crippen LogP contribution in [0.25, 0.3) is 0 Å². The van der Waals surface area contributed by atoms with Gasteiger partial charge in [-0.25, -0.2) is 4.79 Å². The van der Waals surface area contributed by atoms with Gasteiger partial charge in [-0.05, 0) is 24.3 Å². The van der Waals surface area contributed by atoms with E-state index in [1.807, 2.05) is 13.0 Å². The van der Waals surface area contributed by atoms with E-state index in [4.69, 9.17) is 5.11 Å². The highest BCUT2D eigenvalue weighted by atomic mass is 32.2. The van der Waals surface area contributed by atoms with Crippen LogP contribution >= 0.6 is 11.8 Å². The lowest BCUT2D eigenvalue weighted by Gasteiger charge is -2.14. The van der Waals surface area contributed by atoms with E-state index in [9.17, 15) is 9.59 Å². The number of thioether (sulfide) groups is 1. The third-order valence-electron chi connectivity index (χ3n) is 2.27. The Hall–Kier alpha value is -1.49. The summed E-state index contributed by atoms with van der Waals surface area (Å²) >= 11 is 1.53. The summed E-state index contributed by atoms with van der Waals surface area (Å²) in [6.07, 6.45) is 0.990. The first-order valence-corrected chi connectivity index (χ1v) is 6.97. The molecule has 1 aromatic carbocycles. The van der Waals surface area contributed by atoms with E-state index in [1.54, 1.807) is 24.3 Å². The second kappa shape index (κ2) is 7.76. The first kappa shape index (κ1) is 14.6. The molecule has 0 bridgehead atoms. The normalized spacial score (nSPS) is 11.8. The van der Waals surface area contributed by atoms with Gasteiger partial charge in [0.2, 0.25) is 0 Å². The highest BCUT2D eigenvalue weighted by Gasteiger charge is 2.20. The van der Waals surface area contributed by atoms with Crippen LogP contribution in [0, 0.1) is 0 Å². The quantitative estimate of drug-likeness (QED) is 0.742. The maximum Gasteiger partial charge on any atom is 0.327 e. The lowest BCUT2D eigenvalue weighted by molar-refractivity contribution is -0.138. The highest BCUT2D eigenvalue weighted by molar-refractivity contribution is 7.99. The molecule has 98 valence electrons. The van der Waals surface area contributed by atoms with Crippen molar-refractivity contribution in [2.45, 2.75) is 19.4 Å². The number of carbonyl (C=O) groups is 2. The maximum absolute atomic E-state index is 11.8. The first-order chi connectivity index (χ1) is 8.65. The molecule has 0 heterocycles. The van der Waals surface area contributed by atoms with Crippen LogP contribution < -0.4 is 5.32 Å². The van der Waals surface area contributed by atoms with Gasteiger partial charge in [-0.1, -0.05) is 25.1 Å². The summed E-state index contributed by atoms with van der Waals surface area (Å²) in [5.41, 5.74) is 0.476. The van der Waals surface area contributed by atoms with Crippen LogP contribution in [0.3, 0.4) is 0 Å². The summed E-state index contributed by atoms with van der Waals surface area (Å²) in [6.45, 7) is 2.03. The Morgan fingerprint density at radius 1 is 1.33 bits per heavy atom. The third kappa shape index (κ3) is 4.79. The minimum atomic E-state index is -0.997. The summed E-state index contributed by atoms with van der Waals surface area (Å²) in [7, 11) is 0. The largest absolute Gasteiger partial charge is 0.480 e. The minimum Gasteiger partial charge on any atom is -0.480 e. The average Bonchev–Trinajstić information content (AvgIpc) is 2.38. The molecule has 0 saturated carbocycles. The third-order valence-corrected chi connectivity index (χ3v) is 3.54. The number of benzene rings is 1. The van der Waals surface area contributed by atoms with Crippen molar-refractivity contribution in [2.75, 3.05) is 11.5 Å². The smallest absolute Gasteiger partial charge is 0.327 e. The lowest BCUT2D eigenvalue weighted by Crippen LogP contribution is -2.42. The summed E-state index contributed by atoms with van der Waals surface area (Å²) in [5.74, 6) is -0.0600. The number of amides is 1. The Labute approximate surface area is 111 Å². The summed E-state index contributed by atoms with van der Waals surface area (Å²) < 4.78 is 0. The fourth-order valence-corrected chi connectivity index (χ4v) is 2.27. The van der Waals surface area contributed by atoms with Gasteiger partial charge in [0.15, 0.2) is 0 Å². The summed E-state index contributed by atoms with van der Waals surface area (Å²) in [4.78, 5) is 22.8. The number of nitrogens with one attached hydrogen (secondary N) is 1. The van der Waals surface area contributed by atoms with Crippen LogP contribution in [-0.2, 0) is 4.79 Å². The maximum atomic E-state index is 11.8. The fraction of sp³-hybridized carbons (Fsp3) is 0.385. The number of rotatable bonds is 7. The van der Waals surface area contributed by atoms with Gasteiger partial charge in [0.1, 0.15) is 6.04 Å². The Morgan fingerprint density at radius 2 is 2.00 bits per heavy atom. The van der Waals surface area contributed by atoms with Gasteiger partial charge in [-0.2, -0.15) is 11.8 Å². The molecule has 5 heteroatoms. The number of carbonyl (C=O) groups excluding carboxylic acids is 1. The van der Waals surface area contributed by atoms with Crippen molar-refractivity contribution in [1.82, 2.24) is 5.32 Å². The molecule has 0 fully saturated rings. The van der Waals surface area contributed by atoms with Crippen LogP contribution in [0.4, 0.5) is 0 Å². The Kier molecular flexibility index (Phi) is 6.28. The van der Waals surface area contributed by atoms with Crippen molar-refractivity contribution >= 4 is 23.6 Å². The van der Waals surface area contributed by atoms with E-state index in [2.05, 4.69) is 5.32 Å². The van der Waals surface area contributed by atoms with Crippen LogP contribution in [0.1, 0.15) is 23.7 Å². The van der Waals surface area contributed by atoms with Crippen molar-refractivity contribution in [1.29, 1.82) is 0 Å². The van der Waals surface area contributed by atoms with Gasteiger partial charge in [0, 0.05) is 11.3 Å². The van der Waals surface area contributed by atoms with Gasteiger partial charge in [-0.15, -0.1) is 0 Å². The van der Waals surface area contributed by atoms with Crippen molar-refractivity contribution < 1.29 is 14.7 Å². The molecular weight excluding hydrogens is 250 g/mol. The van der Waals surface area contributed by atoms with E-state index in [0.717, 1.165) is 12.2 Å². The van der Waals surface area contributed by atoms with E-state index < -0.39 is 12.0 Å². The van der Waals surface area contributed by atoms with Crippen LogP contribution in [0.2, 0.25) is 0 Å². The number of carboxylic acids is 1. The van der Waals surface area contributed by atoms with Gasteiger partial charge in [0.25, 0.3) is 5.91 Å². The molecule has 0 spiro atoms. The van der Waals surface area contributed by atoms with Crippen LogP contribution in [0.15, 0.2) is 30.3 Å². The number of hydrogen-bond acceptors (Lipinski definition) is 3. The lowest BCUT2D eigenvalue weighted by atomic mass is 10.2. The predicted octanol–water partition coefficient (Wildman–Crippen LogP) is 2.01. The monoisotopic (exact) mass is 267 g/mol. The van der Waals surface area contributed by atoms with E-state index in [1.165, 1.54) is 11.8 Å². The zero-order valence-corrected chi connectivity index (χ0v) is 11.1. The Bertz CT molecular complexity index is 394. The predicted molar refractivity (Wildman–Crippen MR) is 72.9 cm³/mol. The van der Waals surface area contributed by atoms with E-state index in [0.29, 0.717) is 11.3 Å². The standard InChI is InChI=1S/C13H17NO3S/c1-2-8-18-9-11(13(16)17)14-12(15)10-6-4-3-5-7-10/h3-7,11H,2,8-9H2,1H3,(H,14,15)(H,16,17)/t11-/m0/s1. The molecule has 4 nitrogen and oxygen atoms in total. The van der Waals surface area contributed by atoms with E-state index >= 15 is 0 Å². The molecule has 1 aromatic rings. The molecular formula is C13H17NO3S. The number of hydrogen-bond donors (Lipinski definition) is 2. The van der Waals surface area contributed by atoms with Crippen molar-refractivity contribution in [3.8, 4) is 0 Å². The molecule has 18 heavy (non-hydrogen) atoms.